The molecule has 4 fully saturated rings. The predicted octanol–water partition coefficient (Wildman–Crippen LogP) is -8.80. The highest BCUT2D eigenvalue weighted by molar-refractivity contribution is 5.73. The Morgan fingerprint density at radius 3 is 1.53 bits per heavy atom. The summed E-state index contributed by atoms with van der Waals surface area (Å²) in [5.41, 5.74) is 35.5. The molecule has 4 rings (SSSR count). The van der Waals surface area contributed by atoms with Crippen molar-refractivity contribution in [3.8, 4) is 0 Å². The van der Waals surface area contributed by atoms with E-state index in [1.54, 1.807) is 0 Å². The van der Waals surface area contributed by atoms with Gasteiger partial charge in [0, 0.05) is 25.2 Å². The lowest BCUT2D eigenvalue weighted by Crippen LogP contribution is -2.68. The zero-order chi connectivity index (χ0) is 31.9. The first-order valence-corrected chi connectivity index (χ1v) is 13.9. The molecule has 0 aromatic rings. The molecule has 3 aliphatic heterocycles. The maximum atomic E-state index is 12.1. The predicted molar refractivity (Wildman–Crippen MR) is 139 cm³/mol. The van der Waals surface area contributed by atoms with Crippen molar-refractivity contribution in [3.63, 3.8) is 0 Å². The zero-order valence-electron chi connectivity index (χ0n) is 23.0. The Bertz CT molecular complexity index is 941. The number of hydrogen-bond donors (Lipinski definition) is 13. The lowest BCUT2D eigenvalue weighted by Gasteiger charge is -2.47. The molecule has 19 atom stereocenters. The molecular weight excluding hydrogens is 584 g/mol. The van der Waals surface area contributed by atoms with E-state index in [9.17, 15) is 40.5 Å². The fraction of sp³-hybridized carbons (Fsp3) is 0.957. The van der Waals surface area contributed by atoms with Gasteiger partial charge in [0.15, 0.2) is 25.0 Å². The number of aliphatic hydroxyl groups is 6. The Hall–Kier alpha value is -1.25. The second kappa shape index (κ2) is 14.0. The van der Waals surface area contributed by atoms with Gasteiger partial charge < -0.3 is 98.6 Å². The first-order chi connectivity index (χ1) is 20.2. The van der Waals surface area contributed by atoms with Crippen molar-refractivity contribution in [1.29, 1.82) is 0 Å². The molecule has 3 saturated heterocycles. The summed E-state index contributed by atoms with van der Waals surface area (Å²) >= 11 is 0. The highest BCUT2D eigenvalue weighted by Crippen LogP contribution is 2.34. The Kier molecular flexibility index (Phi) is 11.3. The van der Waals surface area contributed by atoms with Crippen molar-refractivity contribution in [2.24, 2.45) is 34.4 Å². The van der Waals surface area contributed by atoms with Crippen LogP contribution in [-0.4, -0.2) is 171 Å². The van der Waals surface area contributed by atoms with Gasteiger partial charge in [-0.2, -0.15) is 0 Å². The van der Waals surface area contributed by atoms with Gasteiger partial charge in [-0.1, -0.05) is 0 Å². The molecule has 0 radical (unpaired) electrons. The Balaban J connectivity index is 1.53. The Labute approximate surface area is 245 Å². The quantitative estimate of drug-likeness (QED) is 0.113. The first kappa shape index (κ1) is 34.6. The monoisotopic (exact) mass is 628 g/mol. The minimum absolute atomic E-state index is 0.0319. The molecule has 0 spiro atoms. The lowest BCUT2D eigenvalue weighted by atomic mass is 9.84. The van der Waals surface area contributed by atoms with Crippen LogP contribution in [0.1, 0.15) is 6.42 Å². The van der Waals surface area contributed by atoms with Gasteiger partial charge in [0.2, 0.25) is 0 Å². The molecule has 0 bridgehead atoms. The van der Waals surface area contributed by atoms with Crippen LogP contribution in [0.4, 0.5) is 0 Å². The molecule has 20 nitrogen and oxygen atoms in total. The average molecular weight is 629 g/mol. The largest absolute Gasteiger partial charge is 0.479 e. The van der Waals surface area contributed by atoms with E-state index >= 15 is 0 Å². The molecule has 1 aliphatic carbocycles. The summed E-state index contributed by atoms with van der Waals surface area (Å²) in [4.78, 5) is 12.1. The maximum absolute atomic E-state index is 12.1. The highest BCUT2D eigenvalue weighted by atomic mass is 16.8. The topological polar surface area (TPSA) is 370 Å². The molecule has 0 unspecified atom stereocenters. The van der Waals surface area contributed by atoms with Crippen LogP contribution in [0.15, 0.2) is 0 Å². The number of rotatable bonds is 9. The van der Waals surface area contributed by atoms with E-state index in [0.717, 1.165) is 0 Å². The van der Waals surface area contributed by atoms with Crippen molar-refractivity contribution in [2.45, 2.75) is 123 Å². The zero-order valence-corrected chi connectivity index (χ0v) is 23.0. The third-order valence-electron chi connectivity index (χ3n) is 8.34. The molecule has 4 aliphatic rings. The van der Waals surface area contributed by atoms with Crippen molar-refractivity contribution in [2.75, 3.05) is 13.1 Å². The standard InChI is InChI=1S/C23H44N6O14/c24-2-6-11(31)13(33)8(28)21(38-6)40-16-5(27)1-4(26)10(30)17(16)42-23-15(35)18(19(43-23)20(36)37)41-22-9(29)14(34)12(32)7(3-25)39-22/h4-19,21-23,30-35H,1-3,24-29H2,(H,36,37)/t4-,5+,6-,7+,8-,9-,10+,11-,12-,13-,14-,15-,16-,17-,18+,19+,21-,22-,23-/m1/s1. The van der Waals surface area contributed by atoms with Gasteiger partial charge in [0.1, 0.15) is 61.0 Å². The molecule has 250 valence electrons. The van der Waals surface area contributed by atoms with E-state index in [1.807, 2.05) is 0 Å². The number of hydrogen-bond acceptors (Lipinski definition) is 19. The van der Waals surface area contributed by atoms with Crippen LogP contribution in [0.2, 0.25) is 0 Å². The lowest BCUT2D eigenvalue weighted by molar-refractivity contribution is -0.306. The summed E-state index contributed by atoms with van der Waals surface area (Å²) in [6, 6.07) is -4.50. The number of carboxylic acid groups (broad SMARTS) is 1. The van der Waals surface area contributed by atoms with Gasteiger partial charge in [-0.25, -0.2) is 4.79 Å². The molecular formula is C23H44N6O14. The van der Waals surface area contributed by atoms with Crippen molar-refractivity contribution >= 4 is 5.97 Å². The van der Waals surface area contributed by atoms with Crippen LogP contribution in [0.3, 0.4) is 0 Å². The molecule has 1 saturated carbocycles. The summed E-state index contributed by atoms with van der Waals surface area (Å²) in [6.07, 6.45) is -22.3. The smallest absolute Gasteiger partial charge is 0.335 e. The van der Waals surface area contributed by atoms with E-state index in [0.29, 0.717) is 0 Å². The van der Waals surface area contributed by atoms with E-state index < -0.39 is 122 Å². The Morgan fingerprint density at radius 1 is 0.605 bits per heavy atom. The maximum Gasteiger partial charge on any atom is 0.335 e. The normalized spacial score (nSPS) is 52.7. The molecule has 19 N–H and O–H groups in total. The van der Waals surface area contributed by atoms with Gasteiger partial charge >= 0.3 is 5.97 Å². The van der Waals surface area contributed by atoms with E-state index in [2.05, 4.69) is 0 Å². The van der Waals surface area contributed by atoms with Crippen molar-refractivity contribution < 1.29 is 69.0 Å². The van der Waals surface area contributed by atoms with Gasteiger partial charge in [-0.3, -0.25) is 0 Å². The molecule has 0 aromatic carbocycles. The van der Waals surface area contributed by atoms with Crippen LogP contribution in [-0.2, 0) is 33.2 Å². The molecule has 0 aromatic heterocycles. The number of carbonyl (C=O) groups is 1. The van der Waals surface area contributed by atoms with Gasteiger partial charge in [0.25, 0.3) is 0 Å². The molecule has 20 heteroatoms. The van der Waals surface area contributed by atoms with Gasteiger partial charge in [-0.05, 0) is 6.42 Å². The first-order valence-electron chi connectivity index (χ1n) is 13.9. The summed E-state index contributed by atoms with van der Waals surface area (Å²) in [5.74, 6) is -1.57. The van der Waals surface area contributed by atoms with Crippen LogP contribution in [0.25, 0.3) is 0 Å². The van der Waals surface area contributed by atoms with Crippen LogP contribution in [0, 0.1) is 0 Å². The van der Waals surface area contributed by atoms with Gasteiger partial charge in [-0.15, -0.1) is 0 Å². The highest BCUT2D eigenvalue weighted by Gasteiger charge is 2.56. The molecule has 3 heterocycles. The van der Waals surface area contributed by atoms with Crippen LogP contribution in [0.5, 0.6) is 0 Å². The van der Waals surface area contributed by atoms with Crippen molar-refractivity contribution in [1.82, 2.24) is 0 Å². The summed E-state index contributed by atoms with van der Waals surface area (Å²) in [5, 5.41) is 72.7. The number of ether oxygens (including phenoxy) is 6. The average Bonchev–Trinajstić information content (AvgIpc) is 3.28. The fourth-order valence-electron chi connectivity index (χ4n) is 5.71. The third kappa shape index (κ3) is 6.82. The van der Waals surface area contributed by atoms with Crippen LogP contribution < -0.4 is 34.4 Å². The minimum Gasteiger partial charge on any atom is -0.479 e. The Morgan fingerprint density at radius 2 is 1.07 bits per heavy atom. The van der Waals surface area contributed by atoms with Crippen molar-refractivity contribution in [3.05, 3.63) is 0 Å². The number of carboxylic acids is 1. The SMILES string of the molecule is NC[C@@H]1O[C@H](O[C@H]2[C@@H](O)[C@H](O[C@@H]3[C@@H](O)[C@H](N)C[C@H](N)[C@H]3O[C@H]3O[C@H](CN)[C@@H](O)[C@H](O)[C@H]3N)O[C@@H]2C(=O)O)[C@H](N)[C@@H](O)[C@@H]1O. The number of nitrogens with two attached hydrogens (primary N) is 6. The second-order valence-electron chi connectivity index (χ2n) is 11.3. The van der Waals surface area contributed by atoms with E-state index in [1.165, 1.54) is 0 Å². The number of aliphatic hydroxyl groups excluding tert-OH is 6. The van der Waals surface area contributed by atoms with E-state index in [4.69, 9.17) is 62.8 Å². The molecule has 43 heavy (non-hydrogen) atoms. The fourth-order valence-corrected chi connectivity index (χ4v) is 5.71. The second-order valence-corrected chi connectivity index (χ2v) is 11.3. The minimum atomic E-state index is -1.85. The molecule has 0 amide bonds. The third-order valence-corrected chi connectivity index (χ3v) is 8.34. The van der Waals surface area contributed by atoms with Crippen LogP contribution >= 0.6 is 0 Å². The summed E-state index contributed by atoms with van der Waals surface area (Å²) in [7, 11) is 0. The van der Waals surface area contributed by atoms with Gasteiger partial charge in [0.05, 0.1) is 18.2 Å². The summed E-state index contributed by atoms with van der Waals surface area (Å²) < 4.78 is 34.0. The summed E-state index contributed by atoms with van der Waals surface area (Å²) in [6.45, 7) is -0.425. The van der Waals surface area contributed by atoms with E-state index in [-0.39, 0.29) is 19.5 Å². The number of aliphatic carboxylic acids is 1.